The predicted octanol–water partition coefficient (Wildman–Crippen LogP) is 2.80. The molecule has 1 aliphatic carbocycles. The number of methoxy groups -OCH3 is 1. The molecule has 1 aliphatic heterocycles. The summed E-state index contributed by atoms with van der Waals surface area (Å²) in [7, 11) is -2.04. The van der Waals surface area contributed by atoms with Gasteiger partial charge in [-0.25, -0.2) is 8.42 Å². The fourth-order valence-corrected chi connectivity index (χ4v) is 7.94. The summed E-state index contributed by atoms with van der Waals surface area (Å²) < 4.78 is 30.1. The van der Waals surface area contributed by atoms with E-state index in [1.807, 2.05) is 0 Å². The van der Waals surface area contributed by atoms with E-state index in [0.29, 0.717) is 29.9 Å². The van der Waals surface area contributed by atoms with Crippen molar-refractivity contribution >= 4 is 50.5 Å². The third-order valence-electron chi connectivity index (χ3n) is 5.11. The number of thioether (sulfide) groups is 1. The van der Waals surface area contributed by atoms with E-state index >= 15 is 0 Å². The van der Waals surface area contributed by atoms with Crippen molar-refractivity contribution in [2.45, 2.75) is 42.1 Å². The number of hydrogen-bond donors (Lipinski definition) is 0. The predicted molar refractivity (Wildman–Crippen MR) is 107 cm³/mol. The number of rotatable bonds is 6. The van der Waals surface area contributed by atoms with Crippen molar-refractivity contribution in [1.29, 1.82) is 0 Å². The molecule has 1 heterocycles. The lowest BCUT2D eigenvalue weighted by Gasteiger charge is -2.19. The minimum Gasteiger partial charge on any atom is -0.384 e. The van der Waals surface area contributed by atoms with Crippen LogP contribution in [0.5, 0.6) is 0 Å². The monoisotopic (exact) mass is 444 g/mol. The SMILES string of the molecule is COCCSC1Cc2c(Cl)c(C(=O)C3C(=O)CCCC3=O)cc(C)c2S1(=O)=O. The number of benzene rings is 1. The summed E-state index contributed by atoms with van der Waals surface area (Å²) >= 11 is 7.72. The highest BCUT2D eigenvalue weighted by molar-refractivity contribution is 8.13. The molecule has 6 nitrogen and oxygen atoms in total. The van der Waals surface area contributed by atoms with Crippen molar-refractivity contribution in [2.24, 2.45) is 5.92 Å². The highest BCUT2D eigenvalue weighted by Crippen LogP contribution is 2.44. The maximum absolute atomic E-state index is 12.9. The van der Waals surface area contributed by atoms with E-state index < -0.39 is 37.7 Å². The van der Waals surface area contributed by atoms with Gasteiger partial charge in [0.05, 0.1) is 16.5 Å². The van der Waals surface area contributed by atoms with Gasteiger partial charge in [0, 0.05) is 37.7 Å². The molecule has 0 bridgehead atoms. The van der Waals surface area contributed by atoms with E-state index in [-0.39, 0.29) is 34.7 Å². The molecule has 3 rings (SSSR count). The van der Waals surface area contributed by atoms with Crippen molar-refractivity contribution in [3.05, 3.63) is 27.8 Å². The van der Waals surface area contributed by atoms with Gasteiger partial charge < -0.3 is 4.74 Å². The molecule has 1 unspecified atom stereocenters. The van der Waals surface area contributed by atoms with Gasteiger partial charge in [0.1, 0.15) is 10.5 Å². The normalized spacial score (nSPS) is 21.8. The van der Waals surface area contributed by atoms with Crippen LogP contribution in [0.25, 0.3) is 0 Å². The Hall–Kier alpha value is -1.22. The lowest BCUT2D eigenvalue weighted by molar-refractivity contribution is -0.133. The van der Waals surface area contributed by atoms with E-state index in [1.54, 1.807) is 14.0 Å². The molecular formula is C19H21ClO6S2. The lowest BCUT2D eigenvalue weighted by Crippen LogP contribution is -2.35. The largest absolute Gasteiger partial charge is 0.384 e. The lowest BCUT2D eigenvalue weighted by atomic mass is 9.81. The molecule has 0 saturated heterocycles. The first kappa shape index (κ1) is 21.5. The summed E-state index contributed by atoms with van der Waals surface area (Å²) in [6, 6.07) is 1.40. The number of Topliss-reactive ketones (excluding diaryl/α,β-unsaturated/α-hetero) is 3. The Bertz CT molecular complexity index is 938. The molecule has 0 spiro atoms. The number of sulfone groups is 1. The zero-order valence-electron chi connectivity index (χ0n) is 15.6. The highest BCUT2D eigenvalue weighted by atomic mass is 35.5. The summed E-state index contributed by atoms with van der Waals surface area (Å²) in [5, 5.41) is 0.0372. The van der Waals surface area contributed by atoms with Crippen LogP contribution in [0.3, 0.4) is 0 Å². The van der Waals surface area contributed by atoms with Crippen LogP contribution in [0, 0.1) is 12.8 Å². The standard InChI is InChI=1S/C19H21ClO6S2/c1-10-8-11(18(23)16-13(21)4-3-5-14(16)22)17(20)12-9-15(27-7-6-26-2)28(24,25)19(10)12/h8,15-16H,3-7,9H2,1-2H3. The Morgan fingerprint density at radius 2 is 1.93 bits per heavy atom. The number of hydrogen-bond acceptors (Lipinski definition) is 7. The van der Waals surface area contributed by atoms with E-state index in [1.165, 1.54) is 17.8 Å². The quantitative estimate of drug-likeness (QED) is 0.378. The van der Waals surface area contributed by atoms with Gasteiger partial charge in [-0.15, -0.1) is 11.8 Å². The molecule has 1 fully saturated rings. The average Bonchev–Trinajstić information content (AvgIpc) is 2.89. The number of ketones is 3. The molecule has 0 radical (unpaired) electrons. The maximum atomic E-state index is 12.9. The average molecular weight is 445 g/mol. The summed E-state index contributed by atoms with van der Waals surface area (Å²) in [6.45, 7) is 2.03. The fraction of sp³-hybridized carbons (Fsp3) is 0.526. The molecule has 28 heavy (non-hydrogen) atoms. The van der Waals surface area contributed by atoms with Gasteiger partial charge in [0.2, 0.25) is 0 Å². The molecular weight excluding hydrogens is 424 g/mol. The van der Waals surface area contributed by atoms with E-state index in [4.69, 9.17) is 16.3 Å². The third kappa shape index (κ3) is 3.67. The number of halogens is 1. The van der Waals surface area contributed by atoms with Gasteiger partial charge in [-0.2, -0.15) is 0 Å². The van der Waals surface area contributed by atoms with Gasteiger partial charge >= 0.3 is 0 Å². The first-order valence-electron chi connectivity index (χ1n) is 8.96. The Kier molecular flexibility index (Phi) is 6.34. The summed E-state index contributed by atoms with van der Waals surface area (Å²) in [4.78, 5) is 37.4. The number of ether oxygens (including phenoxy) is 1. The van der Waals surface area contributed by atoms with Crippen LogP contribution < -0.4 is 0 Å². The second-order valence-electron chi connectivity index (χ2n) is 6.99. The Balaban J connectivity index is 2.00. The van der Waals surface area contributed by atoms with Crippen molar-refractivity contribution in [3.8, 4) is 0 Å². The molecule has 152 valence electrons. The van der Waals surface area contributed by atoms with Gasteiger partial charge in [-0.05, 0) is 30.5 Å². The summed E-state index contributed by atoms with van der Waals surface area (Å²) in [6.07, 6.45) is 1.02. The second-order valence-corrected chi connectivity index (χ2v) is 11.0. The molecule has 0 N–H and O–H groups in total. The van der Waals surface area contributed by atoms with Crippen molar-refractivity contribution in [2.75, 3.05) is 19.5 Å². The van der Waals surface area contributed by atoms with Crippen molar-refractivity contribution in [1.82, 2.24) is 0 Å². The van der Waals surface area contributed by atoms with Crippen LogP contribution in [-0.4, -0.2) is 49.8 Å². The topological polar surface area (TPSA) is 94.6 Å². The molecule has 0 amide bonds. The number of carbonyl (C=O) groups is 3. The fourth-order valence-electron chi connectivity index (χ4n) is 3.78. The molecule has 1 saturated carbocycles. The van der Waals surface area contributed by atoms with Crippen molar-refractivity contribution < 1.29 is 27.5 Å². The van der Waals surface area contributed by atoms with Crippen LogP contribution >= 0.6 is 23.4 Å². The Morgan fingerprint density at radius 1 is 1.29 bits per heavy atom. The molecule has 1 aromatic carbocycles. The van der Waals surface area contributed by atoms with Crippen LogP contribution in [0.15, 0.2) is 11.0 Å². The highest BCUT2D eigenvalue weighted by Gasteiger charge is 2.43. The van der Waals surface area contributed by atoms with Gasteiger partial charge in [-0.1, -0.05) is 11.6 Å². The van der Waals surface area contributed by atoms with Crippen LogP contribution in [0.4, 0.5) is 0 Å². The maximum Gasteiger partial charge on any atom is 0.191 e. The first-order valence-corrected chi connectivity index (χ1v) is 11.9. The van der Waals surface area contributed by atoms with E-state index in [0.717, 1.165) is 0 Å². The molecule has 1 aromatic rings. The summed E-state index contributed by atoms with van der Waals surface area (Å²) in [5.41, 5.74) is 0.869. The Morgan fingerprint density at radius 3 is 2.54 bits per heavy atom. The number of aryl methyl sites for hydroxylation is 1. The number of fused-ring (bicyclic) bond motifs is 1. The van der Waals surface area contributed by atoms with Crippen LogP contribution in [-0.2, 0) is 30.6 Å². The molecule has 0 aromatic heterocycles. The van der Waals surface area contributed by atoms with E-state index in [9.17, 15) is 22.8 Å². The molecule has 1 atom stereocenters. The molecule has 9 heteroatoms. The zero-order chi connectivity index (χ0) is 20.6. The molecule has 2 aliphatic rings. The van der Waals surface area contributed by atoms with E-state index in [2.05, 4.69) is 0 Å². The number of carbonyl (C=O) groups excluding carboxylic acids is 3. The Labute approximate surface area is 173 Å². The minimum atomic E-state index is -3.59. The van der Waals surface area contributed by atoms with Gasteiger partial charge in [0.15, 0.2) is 27.2 Å². The minimum absolute atomic E-state index is 0.0372. The van der Waals surface area contributed by atoms with Crippen LogP contribution in [0.2, 0.25) is 5.02 Å². The smallest absolute Gasteiger partial charge is 0.191 e. The summed E-state index contributed by atoms with van der Waals surface area (Å²) in [5.74, 6) is -2.22. The van der Waals surface area contributed by atoms with Crippen LogP contribution in [0.1, 0.15) is 40.7 Å². The first-order chi connectivity index (χ1) is 13.2. The van der Waals surface area contributed by atoms with Crippen molar-refractivity contribution in [3.63, 3.8) is 0 Å². The van der Waals surface area contributed by atoms with Gasteiger partial charge in [0.25, 0.3) is 0 Å². The second kappa shape index (κ2) is 8.26. The third-order valence-corrected chi connectivity index (χ3v) is 9.64. The van der Waals surface area contributed by atoms with Gasteiger partial charge in [-0.3, -0.25) is 14.4 Å². The zero-order valence-corrected chi connectivity index (χ0v) is 18.0.